The minimum absolute atomic E-state index is 0. The largest absolute Gasteiger partial charge is 0.376 e. The van der Waals surface area contributed by atoms with Gasteiger partial charge in [0.15, 0.2) is 0 Å². The van der Waals surface area contributed by atoms with Gasteiger partial charge >= 0.3 is 0 Å². The molecular formula is C16H24ClN3O2. The van der Waals surface area contributed by atoms with Crippen LogP contribution in [0, 0.1) is 0 Å². The zero-order chi connectivity index (χ0) is 14.5. The fraction of sp³-hybridized carbons (Fsp3) is 0.625. The van der Waals surface area contributed by atoms with Crippen LogP contribution in [0.4, 0.5) is 0 Å². The maximum atomic E-state index is 12.1. The maximum absolute atomic E-state index is 12.1. The summed E-state index contributed by atoms with van der Waals surface area (Å²) in [6, 6.07) is 3.88. The lowest BCUT2D eigenvalue weighted by atomic mass is 9.94. The minimum atomic E-state index is -0.0603. The van der Waals surface area contributed by atoms with Crippen LogP contribution in [0.2, 0.25) is 0 Å². The number of carbonyl (C=O) groups is 1. The SMILES string of the molecule is Cl.O=C(NCC1CCCO1)c1ccc(C2CCNCC2)nc1. The monoisotopic (exact) mass is 325 g/mol. The highest BCUT2D eigenvalue weighted by molar-refractivity contribution is 5.93. The van der Waals surface area contributed by atoms with Crippen molar-refractivity contribution in [3.8, 4) is 0 Å². The maximum Gasteiger partial charge on any atom is 0.252 e. The molecule has 0 aliphatic carbocycles. The number of pyridine rings is 1. The Labute approximate surface area is 137 Å². The summed E-state index contributed by atoms with van der Waals surface area (Å²) in [4.78, 5) is 16.6. The molecule has 2 saturated heterocycles. The van der Waals surface area contributed by atoms with Crippen molar-refractivity contribution in [3.05, 3.63) is 29.6 Å². The normalized spacial score (nSPS) is 22.1. The second kappa shape index (κ2) is 8.46. The highest BCUT2D eigenvalue weighted by Gasteiger charge is 2.18. The molecule has 2 N–H and O–H groups in total. The first-order chi connectivity index (χ1) is 10.3. The van der Waals surface area contributed by atoms with Gasteiger partial charge in [-0.25, -0.2) is 0 Å². The zero-order valence-electron chi connectivity index (χ0n) is 12.7. The lowest BCUT2D eigenvalue weighted by Crippen LogP contribution is -2.32. The highest BCUT2D eigenvalue weighted by atomic mass is 35.5. The van der Waals surface area contributed by atoms with Gasteiger partial charge in [0.2, 0.25) is 0 Å². The third-order valence-electron chi connectivity index (χ3n) is 4.32. The molecule has 122 valence electrons. The van der Waals surface area contributed by atoms with Crippen molar-refractivity contribution < 1.29 is 9.53 Å². The van der Waals surface area contributed by atoms with Gasteiger partial charge in [0, 0.05) is 31.0 Å². The van der Waals surface area contributed by atoms with Gasteiger partial charge in [-0.2, -0.15) is 0 Å². The molecule has 0 spiro atoms. The number of hydrogen-bond donors (Lipinski definition) is 2. The first kappa shape index (κ1) is 17.2. The van der Waals surface area contributed by atoms with E-state index in [1.54, 1.807) is 6.20 Å². The Balaban J connectivity index is 0.00000176. The quantitative estimate of drug-likeness (QED) is 0.887. The number of ether oxygens (including phenoxy) is 1. The van der Waals surface area contributed by atoms with Crippen molar-refractivity contribution in [1.29, 1.82) is 0 Å². The Morgan fingerprint density at radius 3 is 2.77 bits per heavy atom. The summed E-state index contributed by atoms with van der Waals surface area (Å²) in [5, 5.41) is 6.28. The minimum Gasteiger partial charge on any atom is -0.376 e. The lowest BCUT2D eigenvalue weighted by Gasteiger charge is -2.22. The van der Waals surface area contributed by atoms with E-state index in [9.17, 15) is 4.79 Å². The number of hydrogen-bond acceptors (Lipinski definition) is 4. The van der Waals surface area contributed by atoms with E-state index >= 15 is 0 Å². The Hall–Kier alpha value is -1.17. The molecule has 0 bridgehead atoms. The number of halogens is 1. The second-order valence-electron chi connectivity index (χ2n) is 5.84. The van der Waals surface area contributed by atoms with Gasteiger partial charge in [0.1, 0.15) is 0 Å². The van der Waals surface area contributed by atoms with Crippen molar-refractivity contribution >= 4 is 18.3 Å². The summed E-state index contributed by atoms with van der Waals surface area (Å²) in [6.07, 6.45) is 6.24. The summed E-state index contributed by atoms with van der Waals surface area (Å²) in [6.45, 7) is 3.51. The molecule has 1 atom stereocenters. The molecule has 5 nitrogen and oxygen atoms in total. The van der Waals surface area contributed by atoms with Crippen LogP contribution in [-0.2, 0) is 4.74 Å². The molecule has 22 heavy (non-hydrogen) atoms. The third-order valence-corrected chi connectivity index (χ3v) is 4.32. The van der Waals surface area contributed by atoms with Gasteiger partial charge in [-0.1, -0.05) is 0 Å². The number of nitrogens with zero attached hydrogens (tertiary/aromatic N) is 1. The topological polar surface area (TPSA) is 63.2 Å². The first-order valence-electron chi connectivity index (χ1n) is 7.89. The van der Waals surface area contributed by atoms with Gasteiger partial charge in [-0.3, -0.25) is 9.78 Å². The van der Waals surface area contributed by atoms with Crippen LogP contribution in [0.5, 0.6) is 0 Å². The molecule has 1 amide bonds. The van der Waals surface area contributed by atoms with Crippen molar-refractivity contribution in [2.24, 2.45) is 0 Å². The molecule has 3 heterocycles. The molecule has 0 saturated carbocycles. The second-order valence-corrected chi connectivity index (χ2v) is 5.84. The molecule has 2 aliphatic rings. The highest BCUT2D eigenvalue weighted by Crippen LogP contribution is 2.23. The van der Waals surface area contributed by atoms with Crippen LogP contribution in [0.1, 0.15) is 47.7 Å². The smallest absolute Gasteiger partial charge is 0.252 e. The predicted molar refractivity (Wildman–Crippen MR) is 87.6 cm³/mol. The molecule has 6 heteroatoms. The van der Waals surface area contributed by atoms with Gasteiger partial charge in [-0.15, -0.1) is 12.4 Å². The average Bonchev–Trinajstić information content (AvgIpc) is 3.07. The fourth-order valence-electron chi connectivity index (χ4n) is 3.01. The van der Waals surface area contributed by atoms with E-state index in [0.29, 0.717) is 18.0 Å². The molecule has 1 unspecified atom stereocenters. The van der Waals surface area contributed by atoms with Crippen molar-refractivity contribution in [2.75, 3.05) is 26.2 Å². The average molecular weight is 326 g/mol. The van der Waals surface area contributed by atoms with Crippen LogP contribution in [0.25, 0.3) is 0 Å². The number of carbonyl (C=O) groups excluding carboxylic acids is 1. The molecule has 2 aliphatic heterocycles. The van der Waals surface area contributed by atoms with Crippen molar-refractivity contribution in [1.82, 2.24) is 15.6 Å². The van der Waals surface area contributed by atoms with Gasteiger partial charge in [0.25, 0.3) is 5.91 Å². The van der Waals surface area contributed by atoms with E-state index in [2.05, 4.69) is 15.6 Å². The molecule has 2 fully saturated rings. The number of rotatable bonds is 4. The van der Waals surface area contributed by atoms with Crippen molar-refractivity contribution in [2.45, 2.75) is 37.7 Å². The number of amides is 1. The zero-order valence-corrected chi connectivity index (χ0v) is 13.5. The standard InChI is InChI=1S/C16H23N3O2.ClH/c20-16(19-11-14-2-1-9-21-14)13-3-4-15(18-10-13)12-5-7-17-8-6-12;/h3-4,10,12,14,17H,1-2,5-9,11H2,(H,19,20);1H. The van der Waals surface area contributed by atoms with E-state index in [1.807, 2.05) is 12.1 Å². The van der Waals surface area contributed by atoms with E-state index < -0.39 is 0 Å². The van der Waals surface area contributed by atoms with Gasteiger partial charge in [-0.05, 0) is 50.9 Å². The predicted octanol–water partition coefficient (Wildman–Crippen LogP) is 1.88. The first-order valence-corrected chi connectivity index (χ1v) is 7.89. The third kappa shape index (κ3) is 4.41. The van der Waals surface area contributed by atoms with Gasteiger partial charge < -0.3 is 15.4 Å². The van der Waals surface area contributed by atoms with E-state index in [4.69, 9.17) is 4.74 Å². The summed E-state index contributed by atoms with van der Waals surface area (Å²) in [5.74, 6) is 0.463. The lowest BCUT2D eigenvalue weighted by molar-refractivity contribution is 0.0857. The fourth-order valence-corrected chi connectivity index (χ4v) is 3.01. The molecule has 3 rings (SSSR count). The van der Waals surface area contributed by atoms with Crippen LogP contribution in [0.3, 0.4) is 0 Å². The summed E-state index contributed by atoms with van der Waals surface area (Å²) in [7, 11) is 0. The van der Waals surface area contributed by atoms with Gasteiger partial charge in [0.05, 0.1) is 11.7 Å². The van der Waals surface area contributed by atoms with Crippen LogP contribution < -0.4 is 10.6 Å². The van der Waals surface area contributed by atoms with Crippen LogP contribution >= 0.6 is 12.4 Å². The Morgan fingerprint density at radius 2 is 2.14 bits per heavy atom. The molecule has 1 aromatic heterocycles. The van der Waals surface area contributed by atoms with Crippen LogP contribution in [0.15, 0.2) is 18.3 Å². The summed E-state index contributed by atoms with van der Waals surface area (Å²) >= 11 is 0. The molecule has 0 radical (unpaired) electrons. The van der Waals surface area contributed by atoms with Crippen molar-refractivity contribution in [3.63, 3.8) is 0 Å². The number of piperidine rings is 1. The Kier molecular flexibility index (Phi) is 6.61. The Morgan fingerprint density at radius 1 is 1.32 bits per heavy atom. The Bertz CT molecular complexity index is 469. The van der Waals surface area contributed by atoms with E-state index in [0.717, 1.165) is 51.1 Å². The molecular weight excluding hydrogens is 302 g/mol. The van der Waals surface area contributed by atoms with E-state index in [-0.39, 0.29) is 24.4 Å². The number of aromatic nitrogens is 1. The number of nitrogens with one attached hydrogen (secondary N) is 2. The summed E-state index contributed by atoms with van der Waals surface area (Å²) in [5.41, 5.74) is 1.73. The summed E-state index contributed by atoms with van der Waals surface area (Å²) < 4.78 is 5.50. The molecule has 0 aromatic carbocycles. The molecule has 1 aromatic rings. The van der Waals surface area contributed by atoms with Crippen LogP contribution in [-0.4, -0.2) is 43.2 Å². The van der Waals surface area contributed by atoms with E-state index in [1.165, 1.54) is 0 Å².